The second-order valence-electron chi connectivity index (χ2n) is 7.19. The van der Waals surface area contributed by atoms with E-state index in [-0.39, 0.29) is 5.75 Å². The number of nitrogens with zero attached hydrogens (tertiary/aromatic N) is 2. The summed E-state index contributed by atoms with van der Waals surface area (Å²) in [5.74, 6) is -1.44. The number of rotatable bonds is 8. The van der Waals surface area contributed by atoms with E-state index in [1.807, 2.05) is 31.4 Å². The first kappa shape index (κ1) is 22.4. The standard InChI is InChI=1S/C22H26N2O4S2/c1-4-28-11-10-24-19-13-16(2)12-17(3)21(19)29-22(24)23-20(25)15-30(26,27)14-18-8-6-5-7-9-18/h5-9,12-13H,4,10-11,14-15H2,1-3H3. The first-order valence-electron chi connectivity index (χ1n) is 9.79. The molecule has 0 spiro atoms. The molecule has 0 saturated carbocycles. The average molecular weight is 447 g/mol. The maximum absolute atomic E-state index is 12.5. The summed E-state index contributed by atoms with van der Waals surface area (Å²) in [4.78, 5) is 17.2. The summed E-state index contributed by atoms with van der Waals surface area (Å²) in [7, 11) is -3.61. The third kappa shape index (κ3) is 5.65. The minimum Gasteiger partial charge on any atom is -0.380 e. The van der Waals surface area contributed by atoms with Crippen LogP contribution in [0.2, 0.25) is 0 Å². The quantitative estimate of drug-likeness (QED) is 0.497. The van der Waals surface area contributed by atoms with Crippen LogP contribution in [0.4, 0.5) is 0 Å². The topological polar surface area (TPSA) is 77.7 Å². The Hall–Kier alpha value is -2.29. The predicted molar refractivity (Wildman–Crippen MR) is 120 cm³/mol. The van der Waals surface area contributed by atoms with E-state index < -0.39 is 21.5 Å². The van der Waals surface area contributed by atoms with Crippen molar-refractivity contribution in [3.05, 3.63) is 64.0 Å². The zero-order valence-electron chi connectivity index (χ0n) is 17.4. The van der Waals surface area contributed by atoms with Gasteiger partial charge in [0.2, 0.25) is 0 Å². The normalized spacial score (nSPS) is 12.6. The van der Waals surface area contributed by atoms with E-state index in [9.17, 15) is 13.2 Å². The van der Waals surface area contributed by atoms with Crippen molar-refractivity contribution < 1.29 is 17.9 Å². The van der Waals surface area contributed by atoms with Gasteiger partial charge in [0.05, 0.1) is 22.6 Å². The van der Waals surface area contributed by atoms with E-state index in [0.29, 0.717) is 30.1 Å². The van der Waals surface area contributed by atoms with Gasteiger partial charge in [0.25, 0.3) is 5.91 Å². The van der Waals surface area contributed by atoms with Crippen molar-refractivity contribution in [1.29, 1.82) is 0 Å². The van der Waals surface area contributed by atoms with E-state index in [1.54, 1.807) is 24.3 Å². The van der Waals surface area contributed by atoms with E-state index >= 15 is 0 Å². The number of hydrogen-bond donors (Lipinski definition) is 0. The Morgan fingerprint density at radius 2 is 1.90 bits per heavy atom. The molecule has 8 heteroatoms. The lowest BCUT2D eigenvalue weighted by molar-refractivity contribution is -0.115. The number of benzene rings is 2. The van der Waals surface area contributed by atoms with Crippen LogP contribution in [0.5, 0.6) is 0 Å². The van der Waals surface area contributed by atoms with Gasteiger partial charge in [-0.3, -0.25) is 4.79 Å². The number of carbonyl (C=O) groups is 1. The fourth-order valence-electron chi connectivity index (χ4n) is 3.32. The van der Waals surface area contributed by atoms with Gasteiger partial charge in [0, 0.05) is 13.2 Å². The van der Waals surface area contributed by atoms with Crippen molar-refractivity contribution in [3.63, 3.8) is 0 Å². The summed E-state index contributed by atoms with van der Waals surface area (Å²) in [6, 6.07) is 13.0. The minimum atomic E-state index is -3.61. The van der Waals surface area contributed by atoms with Gasteiger partial charge in [-0.25, -0.2) is 8.42 Å². The molecule has 1 aromatic heterocycles. The number of sulfone groups is 1. The van der Waals surface area contributed by atoms with Gasteiger partial charge in [0.1, 0.15) is 5.75 Å². The average Bonchev–Trinajstić information content (AvgIpc) is 2.99. The van der Waals surface area contributed by atoms with E-state index in [4.69, 9.17) is 4.74 Å². The number of amides is 1. The molecule has 0 saturated heterocycles. The SMILES string of the molecule is CCOCCn1c(=NC(=O)CS(=O)(=O)Cc2ccccc2)sc2c(C)cc(C)cc21. The second-order valence-corrected chi connectivity index (χ2v) is 10.2. The molecule has 0 N–H and O–H groups in total. The van der Waals surface area contributed by atoms with E-state index in [1.165, 1.54) is 11.3 Å². The van der Waals surface area contributed by atoms with Crippen LogP contribution >= 0.6 is 11.3 Å². The van der Waals surface area contributed by atoms with Gasteiger partial charge >= 0.3 is 0 Å². The van der Waals surface area contributed by atoms with Gasteiger partial charge in [-0.2, -0.15) is 4.99 Å². The molecule has 6 nitrogen and oxygen atoms in total. The Labute approximate surface area is 180 Å². The monoisotopic (exact) mass is 446 g/mol. The molecular formula is C22H26N2O4S2. The van der Waals surface area contributed by atoms with Crippen molar-refractivity contribution in [3.8, 4) is 0 Å². The second kappa shape index (κ2) is 9.68. The molecule has 3 aromatic rings. The third-order valence-corrected chi connectivity index (χ3v) is 7.26. The van der Waals surface area contributed by atoms with Crippen molar-refractivity contribution >= 4 is 37.3 Å². The zero-order chi connectivity index (χ0) is 21.7. The third-order valence-electron chi connectivity index (χ3n) is 4.57. The van der Waals surface area contributed by atoms with E-state index in [2.05, 4.69) is 17.1 Å². The van der Waals surface area contributed by atoms with Gasteiger partial charge < -0.3 is 9.30 Å². The lowest BCUT2D eigenvalue weighted by Crippen LogP contribution is -2.23. The first-order chi connectivity index (χ1) is 14.3. The minimum absolute atomic E-state index is 0.176. The van der Waals surface area contributed by atoms with Gasteiger partial charge in [-0.15, -0.1) is 0 Å². The molecule has 0 aliphatic carbocycles. The van der Waals surface area contributed by atoms with Crippen LogP contribution < -0.4 is 4.80 Å². The molecule has 0 bridgehead atoms. The van der Waals surface area contributed by atoms with Crippen LogP contribution in [0.15, 0.2) is 47.5 Å². The number of aromatic nitrogens is 1. The summed E-state index contributed by atoms with van der Waals surface area (Å²) in [6.45, 7) is 7.60. The molecule has 0 aliphatic rings. The van der Waals surface area contributed by atoms with Gasteiger partial charge in [-0.1, -0.05) is 47.7 Å². The lowest BCUT2D eigenvalue weighted by atomic mass is 10.1. The predicted octanol–water partition coefficient (Wildman–Crippen LogP) is 3.40. The summed E-state index contributed by atoms with van der Waals surface area (Å²) >= 11 is 1.40. The number of carbonyl (C=O) groups excluding carboxylic acids is 1. The number of hydrogen-bond acceptors (Lipinski definition) is 5. The summed E-state index contributed by atoms with van der Waals surface area (Å²) in [5, 5.41) is 0. The fraction of sp³-hybridized carbons (Fsp3) is 0.364. The Kier molecular flexibility index (Phi) is 7.23. The number of thiazole rings is 1. The highest BCUT2D eigenvalue weighted by molar-refractivity contribution is 7.91. The Bertz CT molecular complexity index is 1210. The molecule has 3 rings (SSSR count). The van der Waals surface area contributed by atoms with Crippen LogP contribution in [-0.4, -0.2) is 37.9 Å². The number of fused-ring (bicyclic) bond motifs is 1. The Morgan fingerprint density at radius 1 is 1.17 bits per heavy atom. The van der Waals surface area contributed by atoms with Crippen molar-refractivity contribution in [2.75, 3.05) is 19.0 Å². The van der Waals surface area contributed by atoms with Crippen molar-refractivity contribution in [2.45, 2.75) is 33.1 Å². The summed E-state index contributed by atoms with van der Waals surface area (Å²) in [6.07, 6.45) is 0. The van der Waals surface area contributed by atoms with Gasteiger partial charge in [0.15, 0.2) is 14.6 Å². The van der Waals surface area contributed by atoms with Crippen LogP contribution in [0.3, 0.4) is 0 Å². The van der Waals surface area contributed by atoms with Crippen LogP contribution in [0, 0.1) is 13.8 Å². The first-order valence-corrected chi connectivity index (χ1v) is 12.4. The van der Waals surface area contributed by atoms with Crippen molar-refractivity contribution in [1.82, 2.24) is 4.57 Å². The summed E-state index contributed by atoms with van der Waals surface area (Å²) in [5.41, 5.74) is 3.86. The highest BCUT2D eigenvalue weighted by Gasteiger charge is 2.18. The fourth-order valence-corrected chi connectivity index (χ4v) is 5.69. The van der Waals surface area contributed by atoms with E-state index in [0.717, 1.165) is 21.3 Å². The molecule has 0 fully saturated rings. The Balaban J connectivity index is 1.92. The zero-order valence-corrected chi connectivity index (χ0v) is 19.1. The smallest absolute Gasteiger partial charge is 0.263 e. The van der Waals surface area contributed by atoms with Gasteiger partial charge in [-0.05, 0) is 43.5 Å². The maximum Gasteiger partial charge on any atom is 0.263 e. The number of ether oxygens (including phenoxy) is 1. The molecule has 2 aromatic carbocycles. The maximum atomic E-state index is 12.5. The highest BCUT2D eigenvalue weighted by atomic mass is 32.2. The van der Waals surface area contributed by atoms with Crippen molar-refractivity contribution in [2.24, 2.45) is 4.99 Å². The molecule has 30 heavy (non-hydrogen) atoms. The molecule has 0 atom stereocenters. The molecule has 1 heterocycles. The highest BCUT2D eigenvalue weighted by Crippen LogP contribution is 2.23. The molecular weight excluding hydrogens is 420 g/mol. The molecule has 0 radical (unpaired) electrons. The van der Waals surface area contributed by atoms with Crippen LogP contribution in [-0.2, 0) is 31.7 Å². The van der Waals surface area contributed by atoms with Crippen LogP contribution in [0.1, 0.15) is 23.6 Å². The molecule has 0 unspecified atom stereocenters. The lowest BCUT2D eigenvalue weighted by Gasteiger charge is -2.07. The number of aryl methyl sites for hydroxylation is 2. The Morgan fingerprint density at radius 3 is 2.60 bits per heavy atom. The summed E-state index contributed by atoms with van der Waals surface area (Å²) < 4.78 is 33.4. The molecule has 1 amide bonds. The largest absolute Gasteiger partial charge is 0.380 e. The molecule has 0 aliphatic heterocycles. The van der Waals surface area contributed by atoms with Crippen LogP contribution in [0.25, 0.3) is 10.2 Å². The molecule has 160 valence electrons.